The molecule has 0 aromatic heterocycles. The molecule has 2 rings (SSSR count). The number of hydrogen-bond donors (Lipinski definition) is 2. The molecule has 0 spiro atoms. The zero-order valence-corrected chi connectivity index (χ0v) is 13.1. The monoisotopic (exact) mass is 317 g/mol. The average Bonchev–Trinajstić information content (AvgIpc) is 2.41. The van der Waals surface area contributed by atoms with Crippen molar-refractivity contribution in [3.8, 4) is 0 Å². The largest absolute Gasteiger partial charge is 0.324 e. The van der Waals surface area contributed by atoms with Gasteiger partial charge in [0.15, 0.2) is 0 Å². The number of likely N-dealkylation sites (tertiary alicyclic amines) is 1. The molecule has 1 saturated heterocycles. The summed E-state index contributed by atoms with van der Waals surface area (Å²) in [6.07, 6.45) is 2.31. The highest BCUT2D eigenvalue weighted by Gasteiger charge is 2.20. The molecular weight excluding hydrogens is 297 g/mol. The molecular formula is C14H21Cl2N3O. The molecule has 1 aliphatic rings. The molecule has 0 aliphatic carbocycles. The Balaban J connectivity index is 0.00000200. The zero-order valence-electron chi connectivity index (χ0n) is 11.6. The van der Waals surface area contributed by atoms with Crippen LogP contribution in [0.25, 0.3) is 0 Å². The zero-order chi connectivity index (χ0) is 13.7. The molecule has 4 nitrogen and oxygen atoms in total. The molecule has 1 unspecified atom stereocenters. The van der Waals surface area contributed by atoms with Crippen LogP contribution in [-0.2, 0) is 4.79 Å². The number of benzene rings is 1. The van der Waals surface area contributed by atoms with Gasteiger partial charge in [-0.05, 0) is 38.6 Å². The Morgan fingerprint density at radius 1 is 1.45 bits per heavy atom. The molecule has 0 radical (unpaired) electrons. The van der Waals surface area contributed by atoms with E-state index in [0.29, 0.717) is 23.3 Å². The van der Waals surface area contributed by atoms with E-state index in [1.165, 1.54) is 6.42 Å². The van der Waals surface area contributed by atoms with E-state index in [-0.39, 0.29) is 18.3 Å². The van der Waals surface area contributed by atoms with Gasteiger partial charge in [-0.2, -0.15) is 0 Å². The minimum Gasteiger partial charge on any atom is -0.324 e. The molecule has 0 bridgehead atoms. The summed E-state index contributed by atoms with van der Waals surface area (Å²) < 4.78 is 0. The summed E-state index contributed by atoms with van der Waals surface area (Å²) in [5.41, 5.74) is 0.677. The SMILES string of the molecule is CNC1CCCN(CC(=O)Nc2ccccc2Cl)C1.Cl. The Kier molecular flexibility index (Phi) is 7.30. The number of anilines is 1. The van der Waals surface area contributed by atoms with Gasteiger partial charge >= 0.3 is 0 Å². The second-order valence-corrected chi connectivity index (χ2v) is 5.30. The number of nitrogens with one attached hydrogen (secondary N) is 2. The minimum atomic E-state index is -0.00940. The highest BCUT2D eigenvalue weighted by molar-refractivity contribution is 6.33. The van der Waals surface area contributed by atoms with Gasteiger partial charge in [-0.1, -0.05) is 23.7 Å². The predicted molar refractivity (Wildman–Crippen MR) is 85.9 cm³/mol. The van der Waals surface area contributed by atoms with Gasteiger partial charge in [0.25, 0.3) is 0 Å². The molecule has 1 fully saturated rings. The molecule has 1 atom stereocenters. The maximum Gasteiger partial charge on any atom is 0.238 e. The van der Waals surface area contributed by atoms with E-state index in [9.17, 15) is 4.79 Å². The van der Waals surface area contributed by atoms with Crippen LogP contribution in [0, 0.1) is 0 Å². The third kappa shape index (κ3) is 4.94. The van der Waals surface area contributed by atoms with Gasteiger partial charge in [0, 0.05) is 12.6 Å². The summed E-state index contributed by atoms with van der Waals surface area (Å²) in [5.74, 6) is -0.00940. The van der Waals surface area contributed by atoms with Crippen molar-refractivity contribution in [1.29, 1.82) is 0 Å². The summed E-state index contributed by atoms with van der Waals surface area (Å²) in [6, 6.07) is 7.78. The van der Waals surface area contributed by atoms with Crippen LogP contribution in [0.15, 0.2) is 24.3 Å². The predicted octanol–water partition coefficient (Wildman–Crippen LogP) is 2.38. The Hall–Kier alpha value is -0.810. The maximum atomic E-state index is 12.0. The molecule has 1 heterocycles. The van der Waals surface area contributed by atoms with Crippen LogP contribution in [0.5, 0.6) is 0 Å². The van der Waals surface area contributed by atoms with Crippen molar-refractivity contribution in [2.45, 2.75) is 18.9 Å². The number of halogens is 2. The Morgan fingerprint density at radius 3 is 2.90 bits per heavy atom. The van der Waals surface area contributed by atoms with Crippen LogP contribution in [0.1, 0.15) is 12.8 Å². The third-order valence-corrected chi connectivity index (χ3v) is 3.76. The van der Waals surface area contributed by atoms with Crippen LogP contribution < -0.4 is 10.6 Å². The van der Waals surface area contributed by atoms with Crippen LogP contribution in [0.4, 0.5) is 5.69 Å². The lowest BCUT2D eigenvalue weighted by Gasteiger charge is -2.31. The van der Waals surface area contributed by atoms with Crippen molar-refractivity contribution in [3.05, 3.63) is 29.3 Å². The number of hydrogen-bond acceptors (Lipinski definition) is 3. The van der Waals surface area contributed by atoms with Crippen molar-refractivity contribution < 1.29 is 4.79 Å². The molecule has 112 valence electrons. The van der Waals surface area contributed by atoms with Crippen LogP contribution in [-0.4, -0.2) is 43.5 Å². The molecule has 1 amide bonds. The fourth-order valence-electron chi connectivity index (χ4n) is 2.39. The van der Waals surface area contributed by atoms with Gasteiger partial charge in [0.1, 0.15) is 0 Å². The lowest BCUT2D eigenvalue weighted by molar-refractivity contribution is -0.117. The van der Waals surface area contributed by atoms with Crippen LogP contribution >= 0.6 is 24.0 Å². The summed E-state index contributed by atoms with van der Waals surface area (Å²) in [4.78, 5) is 14.2. The van der Waals surface area contributed by atoms with Crippen LogP contribution in [0.2, 0.25) is 5.02 Å². The first kappa shape index (κ1) is 17.2. The first-order valence-corrected chi connectivity index (χ1v) is 7.01. The van der Waals surface area contributed by atoms with Crippen molar-refractivity contribution in [3.63, 3.8) is 0 Å². The minimum absolute atomic E-state index is 0. The Labute approximate surface area is 131 Å². The molecule has 1 aromatic rings. The van der Waals surface area contributed by atoms with E-state index in [1.807, 2.05) is 25.2 Å². The van der Waals surface area contributed by atoms with Gasteiger partial charge in [-0.15, -0.1) is 12.4 Å². The van der Waals surface area contributed by atoms with Gasteiger partial charge in [0.05, 0.1) is 17.3 Å². The second-order valence-electron chi connectivity index (χ2n) is 4.89. The number of likely N-dealkylation sites (N-methyl/N-ethyl adjacent to an activating group) is 1. The second kappa shape index (κ2) is 8.47. The van der Waals surface area contributed by atoms with E-state index >= 15 is 0 Å². The van der Waals surface area contributed by atoms with Gasteiger partial charge < -0.3 is 10.6 Å². The van der Waals surface area contributed by atoms with Crippen LogP contribution in [0.3, 0.4) is 0 Å². The summed E-state index contributed by atoms with van der Waals surface area (Å²) in [5, 5.41) is 6.70. The molecule has 1 aliphatic heterocycles. The summed E-state index contributed by atoms with van der Waals surface area (Å²) >= 11 is 6.02. The number of piperidine rings is 1. The number of carbonyl (C=O) groups is 1. The Bertz CT molecular complexity index is 442. The molecule has 2 N–H and O–H groups in total. The van der Waals surface area contributed by atoms with Gasteiger partial charge in [-0.3, -0.25) is 9.69 Å². The number of nitrogens with zero attached hydrogens (tertiary/aromatic N) is 1. The van der Waals surface area contributed by atoms with E-state index < -0.39 is 0 Å². The number of para-hydroxylation sites is 1. The van der Waals surface area contributed by atoms with Crippen molar-refractivity contribution in [2.24, 2.45) is 0 Å². The highest BCUT2D eigenvalue weighted by Crippen LogP contribution is 2.20. The molecule has 20 heavy (non-hydrogen) atoms. The van der Waals surface area contributed by atoms with E-state index in [4.69, 9.17) is 11.6 Å². The highest BCUT2D eigenvalue weighted by atomic mass is 35.5. The fourth-order valence-corrected chi connectivity index (χ4v) is 2.57. The summed E-state index contributed by atoms with van der Waals surface area (Å²) in [6.45, 7) is 2.32. The maximum absolute atomic E-state index is 12.0. The number of carbonyl (C=O) groups excluding carboxylic acids is 1. The normalized spacial score (nSPS) is 19.2. The molecule has 0 saturated carbocycles. The molecule has 6 heteroatoms. The van der Waals surface area contributed by atoms with E-state index in [2.05, 4.69) is 15.5 Å². The van der Waals surface area contributed by atoms with E-state index in [1.54, 1.807) is 6.07 Å². The smallest absolute Gasteiger partial charge is 0.238 e. The third-order valence-electron chi connectivity index (χ3n) is 3.43. The molecule has 1 aromatic carbocycles. The lowest BCUT2D eigenvalue weighted by atomic mass is 10.1. The van der Waals surface area contributed by atoms with Crippen molar-refractivity contribution in [2.75, 3.05) is 32.0 Å². The standard InChI is InChI=1S/C14H20ClN3O.ClH/c1-16-11-5-4-8-18(9-11)10-14(19)17-13-7-3-2-6-12(13)15;/h2-3,6-7,11,16H,4-5,8-10H2,1H3,(H,17,19);1H. The Morgan fingerprint density at radius 2 is 2.20 bits per heavy atom. The number of amides is 1. The summed E-state index contributed by atoms with van der Waals surface area (Å²) in [7, 11) is 1.97. The lowest BCUT2D eigenvalue weighted by Crippen LogP contribution is -2.46. The topological polar surface area (TPSA) is 44.4 Å². The van der Waals surface area contributed by atoms with Crippen molar-refractivity contribution >= 4 is 35.6 Å². The first-order valence-electron chi connectivity index (χ1n) is 6.63. The first-order chi connectivity index (χ1) is 9.19. The van der Waals surface area contributed by atoms with Gasteiger partial charge in [-0.25, -0.2) is 0 Å². The quantitative estimate of drug-likeness (QED) is 0.896. The number of rotatable bonds is 4. The fraction of sp³-hybridized carbons (Fsp3) is 0.500. The average molecular weight is 318 g/mol. The van der Waals surface area contributed by atoms with Crippen molar-refractivity contribution in [1.82, 2.24) is 10.2 Å². The van der Waals surface area contributed by atoms with E-state index in [0.717, 1.165) is 19.5 Å². The van der Waals surface area contributed by atoms with Gasteiger partial charge in [0.2, 0.25) is 5.91 Å².